The van der Waals surface area contributed by atoms with E-state index in [9.17, 15) is 4.79 Å². The Bertz CT molecular complexity index is 1070. The Kier molecular flexibility index (Phi) is 5.59. The number of aromatic nitrogens is 2. The summed E-state index contributed by atoms with van der Waals surface area (Å²) in [6, 6.07) is 12.0. The zero-order valence-electron chi connectivity index (χ0n) is 21.6. The third-order valence-electron chi connectivity index (χ3n) is 7.73. The van der Waals surface area contributed by atoms with Gasteiger partial charge in [0.2, 0.25) is 5.91 Å². The Morgan fingerprint density at radius 2 is 1.85 bits per heavy atom. The Morgan fingerprint density at radius 3 is 2.56 bits per heavy atom. The quantitative estimate of drug-likeness (QED) is 0.645. The van der Waals surface area contributed by atoms with Crippen LogP contribution in [0.15, 0.2) is 36.4 Å². The summed E-state index contributed by atoms with van der Waals surface area (Å²) in [6.45, 7) is 1.80. The molecular weight excluding hydrogens is 426 g/mol. The highest BCUT2D eigenvalue weighted by Crippen LogP contribution is 2.39. The van der Waals surface area contributed by atoms with Crippen LogP contribution in [-0.2, 0) is 9.53 Å². The van der Waals surface area contributed by atoms with E-state index in [1.807, 2.05) is 36.4 Å². The van der Waals surface area contributed by atoms with Crippen LogP contribution in [0.2, 0.25) is 0 Å². The first-order chi connectivity index (χ1) is 17.5. The van der Waals surface area contributed by atoms with E-state index < -0.39 is 6.50 Å². The lowest BCUT2D eigenvalue weighted by Crippen LogP contribution is -2.32. The normalized spacial score (nSPS) is 28.8. The van der Waals surface area contributed by atoms with Crippen molar-refractivity contribution >= 4 is 17.4 Å². The van der Waals surface area contributed by atoms with Gasteiger partial charge >= 0.3 is 0 Å². The number of fused-ring (bicyclic) bond motifs is 1. The number of hydrogen-bond donors (Lipinski definition) is 2. The summed E-state index contributed by atoms with van der Waals surface area (Å²) in [5.41, 5.74) is 2.50. The number of benzene rings is 1. The van der Waals surface area contributed by atoms with E-state index in [2.05, 4.69) is 25.7 Å². The lowest BCUT2D eigenvalue weighted by molar-refractivity contribution is -0.117. The third kappa shape index (κ3) is 5.10. The highest BCUT2D eigenvalue weighted by atomic mass is 16.5. The second kappa shape index (κ2) is 9.62. The van der Waals surface area contributed by atoms with Crippen LogP contribution in [0, 0.1) is 23.7 Å². The van der Waals surface area contributed by atoms with Gasteiger partial charge < -0.3 is 20.3 Å². The van der Waals surface area contributed by atoms with Gasteiger partial charge in [-0.2, -0.15) is 0 Å². The molecule has 34 heavy (non-hydrogen) atoms. The predicted octanol–water partition coefficient (Wildman–Crippen LogP) is 4.04. The summed E-state index contributed by atoms with van der Waals surface area (Å²) < 4.78 is 23.0. The van der Waals surface area contributed by atoms with Crippen molar-refractivity contribution in [3.63, 3.8) is 0 Å². The molecule has 1 aromatic carbocycles. The number of likely N-dealkylation sites (tertiary alicyclic amines) is 1. The molecule has 4 fully saturated rings. The number of amides is 1. The molecule has 1 unspecified atom stereocenters. The number of nitrogens with one attached hydrogen (secondary N) is 2. The van der Waals surface area contributed by atoms with E-state index in [1.165, 1.54) is 0 Å². The maximum Gasteiger partial charge on any atom is 0.227 e. The highest BCUT2D eigenvalue weighted by Gasteiger charge is 2.41. The maximum atomic E-state index is 12.1. The molecule has 0 radical (unpaired) electrons. The van der Waals surface area contributed by atoms with Gasteiger partial charge in [0.25, 0.3) is 0 Å². The largest absolute Gasteiger partial charge is 0.381 e. The summed E-state index contributed by atoms with van der Waals surface area (Å²) in [4.78, 5) is 14.2. The van der Waals surface area contributed by atoms with E-state index >= 15 is 0 Å². The van der Waals surface area contributed by atoms with Gasteiger partial charge in [-0.1, -0.05) is 12.1 Å². The summed E-state index contributed by atoms with van der Waals surface area (Å²) >= 11 is 0. The second-order valence-electron chi connectivity index (χ2n) is 10.4. The van der Waals surface area contributed by atoms with Crippen LogP contribution in [0.25, 0.3) is 11.3 Å². The number of carbonyl (C=O) groups is 1. The van der Waals surface area contributed by atoms with Gasteiger partial charge in [-0.25, -0.2) is 0 Å². The molecular formula is C27H35N5O2. The Morgan fingerprint density at radius 1 is 1.06 bits per heavy atom. The molecule has 2 saturated heterocycles. The predicted molar refractivity (Wildman–Crippen MR) is 132 cm³/mol. The summed E-state index contributed by atoms with van der Waals surface area (Å²) in [5.74, 6) is 2.17. The van der Waals surface area contributed by atoms with Gasteiger partial charge in [-0.05, 0) is 80.5 Å². The van der Waals surface area contributed by atoms with E-state index in [4.69, 9.17) is 7.48 Å². The molecule has 4 aliphatic rings. The van der Waals surface area contributed by atoms with Crippen molar-refractivity contribution in [3.8, 4) is 11.3 Å². The van der Waals surface area contributed by atoms with Gasteiger partial charge in [-0.15, -0.1) is 10.2 Å². The molecule has 2 N–H and O–H groups in total. The number of carbonyl (C=O) groups excluding carboxylic acids is 1. The van der Waals surface area contributed by atoms with Gasteiger partial charge in [-0.3, -0.25) is 4.79 Å². The molecule has 180 valence electrons. The van der Waals surface area contributed by atoms with Crippen LogP contribution >= 0.6 is 0 Å². The lowest BCUT2D eigenvalue weighted by atomic mass is 10.00. The maximum absolute atomic E-state index is 12.1. The van der Waals surface area contributed by atoms with Crippen LogP contribution in [0.3, 0.4) is 0 Å². The number of rotatable bonds is 7. The fourth-order valence-electron chi connectivity index (χ4n) is 5.73. The van der Waals surface area contributed by atoms with Crippen LogP contribution < -0.4 is 10.6 Å². The van der Waals surface area contributed by atoms with Crippen molar-refractivity contribution in [2.24, 2.45) is 23.7 Å². The molecule has 3 heterocycles. The average molecular weight is 464 g/mol. The van der Waals surface area contributed by atoms with Gasteiger partial charge in [0.1, 0.15) is 5.82 Å². The fraction of sp³-hybridized carbons (Fsp3) is 0.593. The van der Waals surface area contributed by atoms with Crippen molar-refractivity contribution in [3.05, 3.63) is 36.4 Å². The van der Waals surface area contributed by atoms with E-state index in [1.54, 1.807) is 0 Å². The van der Waals surface area contributed by atoms with Gasteiger partial charge in [0.15, 0.2) is 0 Å². The molecule has 2 saturated carbocycles. The molecule has 0 bridgehead atoms. The molecule has 6 rings (SSSR count). The molecule has 1 aromatic heterocycles. The molecule has 2 aliphatic carbocycles. The molecule has 1 amide bonds. The first kappa shape index (κ1) is 19.8. The topological polar surface area (TPSA) is 79.4 Å². The van der Waals surface area contributed by atoms with E-state index in [0.29, 0.717) is 31.1 Å². The molecule has 0 spiro atoms. The SMILES string of the molecule is [2H]C([2H])(C1CCOCC1)N1C[C@H]2CC(Nc3ccc(-c4cccc(NC(=O)C5CC5)c4)nn3)C[C@H]2C1. The number of hydrogen-bond acceptors (Lipinski definition) is 6. The van der Waals surface area contributed by atoms with Crippen molar-refractivity contribution in [2.45, 2.75) is 44.6 Å². The zero-order valence-corrected chi connectivity index (χ0v) is 19.6. The van der Waals surface area contributed by atoms with E-state index in [0.717, 1.165) is 74.4 Å². The van der Waals surface area contributed by atoms with Crippen LogP contribution in [0.4, 0.5) is 11.5 Å². The number of anilines is 2. The Hall–Kier alpha value is -2.51. The van der Waals surface area contributed by atoms with Crippen molar-refractivity contribution in [1.82, 2.24) is 15.1 Å². The second-order valence-corrected chi connectivity index (χ2v) is 10.4. The molecule has 3 atom stereocenters. The van der Waals surface area contributed by atoms with Crippen molar-refractivity contribution in [2.75, 3.05) is 43.4 Å². The number of ether oxygens (including phenoxy) is 1. The first-order valence-corrected chi connectivity index (χ1v) is 12.8. The molecule has 2 aromatic rings. The Labute approximate surface area is 204 Å². The van der Waals surface area contributed by atoms with Gasteiger partial charge in [0.05, 0.1) is 5.69 Å². The standard InChI is InChI=1S/C27H35N5O2/c33-27(19-4-5-19)29-23-3-1-2-20(12-23)25-6-7-26(31-30-25)28-24-13-21-16-32(17-22(21)14-24)15-18-8-10-34-11-9-18/h1-3,6-7,12,18-19,21-22,24H,4-5,8-11,13-17H2,(H,28,31)(H,29,33)/t21-,22+,24?/i15D2. The third-order valence-corrected chi connectivity index (χ3v) is 7.73. The molecule has 2 aliphatic heterocycles. The lowest BCUT2D eigenvalue weighted by Gasteiger charge is -2.27. The smallest absolute Gasteiger partial charge is 0.227 e. The summed E-state index contributed by atoms with van der Waals surface area (Å²) in [6.07, 6.45) is 5.68. The Balaban J connectivity index is 1.03. The number of nitrogens with zero attached hydrogens (tertiary/aromatic N) is 3. The molecule has 7 heteroatoms. The summed E-state index contributed by atoms with van der Waals surface area (Å²) in [5, 5.41) is 15.4. The van der Waals surface area contributed by atoms with Crippen LogP contribution in [0.1, 0.15) is 41.3 Å². The average Bonchev–Trinajstić information content (AvgIpc) is 3.57. The minimum absolute atomic E-state index is 0.0722. The molecule has 7 nitrogen and oxygen atoms in total. The van der Waals surface area contributed by atoms with Crippen LogP contribution in [0.5, 0.6) is 0 Å². The minimum atomic E-state index is -1.24. The summed E-state index contributed by atoms with van der Waals surface area (Å²) in [7, 11) is 0. The minimum Gasteiger partial charge on any atom is -0.381 e. The highest BCUT2D eigenvalue weighted by molar-refractivity contribution is 5.94. The van der Waals surface area contributed by atoms with Crippen molar-refractivity contribution < 1.29 is 12.3 Å². The van der Waals surface area contributed by atoms with Crippen LogP contribution in [-0.4, -0.2) is 59.8 Å². The first-order valence-electron chi connectivity index (χ1n) is 13.8. The van der Waals surface area contributed by atoms with Gasteiger partial charge in [0, 0.05) is 58.8 Å². The monoisotopic (exact) mass is 463 g/mol. The fourth-order valence-corrected chi connectivity index (χ4v) is 5.73. The van der Waals surface area contributed by atoms with E-state index in [-0.39, 0.29) is 17.7 Å². The van der Waals surface area contributed by atoms with Crippen molar-refractivity contribution in [1.29, 1.82) is 0 Å². The zero-order chi connectivity index (χ0) is 24.7.